The largest absolute Gasteiger partial charge is 0.506 e. The molecule has 0 fully saturated rings. The number of nitrogens with one attached hydrogen (secondary N) is 1. The number of fused-ring (bicyclic) bond motifs is 1. The van der Waals surface area contributed by atoms with Gasteiger partial charge in [0.1, 0.15) is 5.76 Å². The second-order valence-corrected chi connectivity index (χ2v) is 8.20. The Hall–Kier alpha value is -3.85. The van der Waals surface area contributed by atoms with E-state index in [0.717, 1.165) is 0 Å². The van der Waals surface area contributed by atoms with Crippen molar-refractivity contribution in [2.24, 2.45) is 4.99 Å². The lowest BCUT2D eigenvalue weighted by Gasteiger charge is -2.07. The minimum atomic E-state index is -3.86. The minimum Gasteiger partial charge on any atom is -0.506 e. The zero-order valence-corrected chi connectivity index (χ0v) is 16.6. The van der Waals surface area contributed by atoms with Crippen LogP contribution in [0.4, 0.5) is 11.6 Å². The van der Waals surface area contributed by atoms with E-state index < -0.39 is 10.0 Å². The lowest BCUT2D eigenvalue weighted by molar-refractivity contribution is 0.104. The zero-order chi connectivity index (χ0) is 21.3. The molecule has 0 saturated heterocycles. The Labute approximate surface area is 172 Å². The third kappa shape index (κ3) is 3.70. The number of rotatable bonds is 5. The number of aliphatic imine (C=N–C) groups is 1. The molecule has 0 unspecified atom stereocenters. The van der Waals surface area contributed by atoms with Gasteiger partial charge in [0.2, 0.25) is 5.95 Å². The fraction of sp³-hybridized carbons (Fsp3) is 0.0476. The SMILES string of the molecule is Cc1ccnc(NS(=O)(=O)c2ccc(N=CC3=C(O)c4ccccc4C3=O)cc2)n1. The molecule has 8 nitrogen and oxygen atoms in total. The highest BCUT2D eigenvalue weighted by Crippen LogP contribution is 2.30. The number of sulfonamides is 1. The summed E-state index contributed by atoms with van der Waals surface area (Å²) in [7, 11) is -3.86. The number of nitrogens with zero attached hydrogens (tertiary/aromatic N) is 3. The van der Waals surface area contributed by atoms with E-state index in [0.29, 0.717) is 22.5 Å². The number of ketones is 1. The maximum Gasteiger partial charge on any atom is 0.264 e. The van der Waals surface area contributed by atoms with Gasteiger partial charge in [-0.25, -0.2) is 23.1 Å². The van der Waals surface area contributed by atoms with Gasteiger partial charge in [-0.05, 0) is 37.3 Å². The van der Waals surface area contributed by atoms with E-state index in [9.17, 15) is 18.3 Å². The molecule has 1 aliphatic rings. The average Bonchev–Trinajstić information content (AvgIpc) is 2.97. The van der Waals surface area contributed by atoms with Crippen molar-refractivity contribution in [1.29, 1.82) is 0 Å². The van der Waals surface area contributed by atoms with Crippen LogP contribution in [-0.4, -0.2) is 35.5 Å². The molecule has 4 rings (SSSR count). The summed E-state index contributed by atoms with van der Waals surface area (Å²) in [5.41, 5.74) is 2.03. The number of allylic oxidation sites excluding steroid dienone is 1. The van der Waals surface area contributed by atoms with Gasteiger partial charge >= 0.3 is 0 Å². The number of hydrogen-bond acceptors (Lipinski definition) is 7. The lowest BCUT2D eigenvalue weighted by Crippen LogP contribution is -2.15. The van der Waals surface area contributed by atoms with Crippen LogP contribution in [0.1, 0.15) is 21.6 Å². The van der Waals surface area contributed by atoms with E-state index in [4.69, 9.17) is 0 Å². The predicted molar refractivity (Wildman–Crippen MR) is 112 cm³/mol. The topological polar surface area (TPSA) is 122 Å². The lowest BCUT2D eigenvalue weighted by atomic mass is 10.1. The van der Waals surface area contributed by atoms with Gasteiger partial charge in [0.25, 0.3) is 10.0 Å². The highest BCUT2D eigenvalue weighted by atomic mass is 32.2. The molecule has 0 aliphatic heterocycles. The van der Waals surface area contributed by atoms with Crippen molar-refractivity contribution in [3.8, 4) is 0 Å². The van der Waals surface area contributed by atoms with Gasteiger partial charge in [-0.1, -0.05) is 24.3 Å². The Bertz CT molecular complexity index is 1310. The van der Waals surface area contributed by atoms with Crippen LogP contribution in [0.15, 0.2) is 76.3 Å². The van der Waals surface area contributed by atoms with Crippen LogP contribution < -0.4 is 4.72 Å². The number of benzene rings is 2. The number of aryl methyl sites for hydroxylation is 1. The molecular formula is C21H16N4O4S. The molecule has 1 heterocycles. The van der Waals surface area contributed by atoms with Crippen LogP contribution in [0.3, 0.4) is 0 Å². The maximum absolute atomic E-state index is 12.5. The van der Waals surface area contributed by atoms with E-state index in [1.165, 1.54) is 36.7 Å². The smallest absolute Gasteiger partial charge is 0.264 e. The van der Waals surface area contributed by atoms with E-state index in [1.54, 1.807) is 37.3 Å². The van der Waals surface area contributed by atoms with E-state index >= 15 is 0 Å². The number of aromatic nitrogens is 2. The number of Topliss-reactive ketones (excluding diaryl/α,β-unsaturated/α-hetero) is 1. The standard InChI is InChI=1S/C21H16N4O4S/c1-13-10-11-22-21(24-13)25-30(28,29)15-8-6-14(7-9-15)23-12-18-19(26)16-4-2-3-5-17(16)20(18)27/h2-12,26H,1H3,(H,22,24,25). The number of carbonyl (C=O) groups excluding carboxylic acids is 1. The van der Waals surface area contributed by atoms with Gasteiger partial charge in [0.05, 0.1) is 16.2 Å². The van der Waals surface area contributed by atoms with Crippen LogP contribution in [0.2, 0.25) is 0 Å². The van der Waals surface area contributed by atoms with Gasteiger partial charge in [-0.3, -0.25) is 9.79 Å². The summed E-state index contributed by atoms with van der Waals surface area (Å²) in [5.74, 6) is -0.451. The number of aliphatic hydroxyl groups excluding tert-OH is 1. The Morgan fingerprint density at radius 3 is 2.40 bits per heavy atom. The van der Waals surface area contributed by atoms with Crippen molar-refractivity contribution in [3.05, 3.63) is 83.2 Å². The molecule has 0 saturated carbocycles. The van der Waals surface area contributed by atoms with Gasteiger partial charge in [-0.2, -0.15) is 0 Å². The van der Waals surface area contributed by atoms with Crippen LogP contribution in [-0.2, 0) is 10.0 Å². The first-order valence-corrected chi connectivity index (χ1v) is 10.4. The predicted octanol–water partition coefficient (Wildman–Crippen LogP) is 3.45. The molecule has 30 heavy (non-hydrogen) atoms. The van der Waals surface area contributed by atoms with E-state index in [1.807, 2.05) is 0 Å². The van der Waals surface area contributed by atoms with Crippen LogP contribution in [0, 0.1) is 6.92 Å². The normalized spacial score (nSPS) is 13.7. The second-order valence-electron chi connectivity index (χ2n) is 6.52. The first kappa shape index (κ1) is 19.5. The first-order valence-electron chi connectivity index (χ1n) is 8.89. The van der Waals surface area contributed by atoms with Gasteiger partial charge in [0.15, 0.2) is 5.78 Å². The van der Waals surface area contributed by atoms with Crippen molar-refractivity contribution < 1.29 is 18.3 Å². The molecule has 0 atom stereocenters. The average molecular weight is 420 g/mol. The molecule has 1 aromatic heterocycles. The van der Waals surface area contributed by atoms with Crippen molar-refractivity contribution in [3.63, 3.8) is 0 Å². The summed E-state index contributed by atoms with van der Waals surface area (Å²) < 4.78 is 27.3. The summed E-state index contributed by atoms with van der Waals surface area (Å²) in [4.78, 5) is 24.5. The zero-order valence-electron chi connectivity index (χ0n) is 15.8. The summed E-state index contributed by atoms with van der Waals surface area (Å²) >= 11 is 0. The summed E-state index contributed by atoms with van der Waals surface area (Å²) in [6, 6.07) is 14.2. The van der Waals surface area contributed by atoms with Crippen molar-refractivity contribution >= 4 is 39.4 Å². The fourth-order valence-corrected chi connectivity index (χ4v) is 3.88. The summed E-state index contributed by atoms with van der Waals surface area (Å²) in [6.45, 7) is 1.73. The van der Waals surface area contributed by atoms with Gasteiger partial charge in [0, 0.05) is 29.2 Å². The van der Waals surface area contributed by atoms with Crippen molar-refractivity contribution in [2.75, 3.05) is 4.72 Å². The van der Waals surface area contributed by atoms with Crippen LogP contribution in [0.25, 0.3) is 5.76 Å². The molecular weight excluding hydrogens is 404 g/mol. The third-order valence-electron chi connectivity index (χ3n) is 4.44. The molecule has 9 heteroatoms. The molecule has 2 aromatic carbocycles. The second kappa shape index (κ2) is 7.53. The van der Waals surface area contributed by atoms with Crippen LogP contribution >= 0.6 is 0 Å². The van der Waals surface area contributed by atoms with E-state index in [-0.39, 0.29) is 28.0 Å². The van der Waals surface area contributed by atoms with Gasteiger partial charge < -0.3 is 5.11 Å². The molecule has 1 aliphatic carbocycles. The maximum atomic E-state index is 12.5. The fourth-order valence-electron chi connectivity index (χ4n) is 2.93. The van der Waals surface area contributed by atoms with E-state index in [2.05, 4.69) is 19.7 Å². The third-order valence-corrected chi connectivity index (χ3v) is 5.78. The molecule has 2 N–H and O–H groups in total. The Morgan fingerprint density at radius 2 is 1.73 bits per heavy atom. The van der Waals surface area contributed by atoms with Crippen molar-refractivity contribution in [1.82, 2.24) is 9.97 Å². The summed E-state index contributed by atoms with van der Waals surface area (Å²) in [6.07, 6.45) is 2.74. The number of anilines is 1. The molecule has 150 valence electrons. The minimum absolute atomic E-state index is 0.0120. The molecule has 0 amide bonds. The Morgan fingerprint density at radius 1 is 1.03 bits per heavy atom. The Kier molecular flexibility index (Phi) is 4.88. The van der Waals surface area contributed by atoms with Gasteiger partial charge in [-0.15, -0.1) is 0 Å². The highest BCUT2D eigenvalue weighted by molar-refractivity contribution is 7.92. The monoisotopic (exact) mass is 420 g/mol. The number of carbonyl (C=O) groups is 1. The highest BCUT2D eigenvalue weighted by Gasteiger charge is 2.27. The number of aliphatic hydroxyl groups is 1. The van der Waals surface area contributed by atoms with Crippen molar-refractivity contribution in [2.45, 2.75) is 11.8 Å². The first-order chi connectivity index (χ1) is 14.3. The Balaban J connectivity index is 1.53. The molecule has 3 aromatic rings. The molecule has 0 radical (unpaired) electrons. The molecule has 0 bridgehead atoms. The summed E-state index contributed by atoms with van der Waals surface area (Å²) in [5, 5.41) is 10.3. The molecule has 0 spiro atoms. The van der Waals surface area contributed by atoms with Crippen LogP contribution in [0.5, 0.6) is 0 Å². The number of hydrogen-bond donors (Lipinski definition) is 2. The quantitative estimate of drug-likeness (QED) is 0.610.